The van der Waals surface area contributed by atoms with Crippen LogP contribution in [0.2, 0.25) is 0 Å². The molecule has 3 heterocycles. The molecule has 9 nitrogen and oxygen atoms in total. The van der Waals surface area contributed by atoms with E-state index in [2.05, 4.69) is 20.0 Å². The molecule has 1 fully saturated rings. The number of ether oxygens (including phenoxy) is 1. The molecule has 2 N–H and O–H groups in total. The molecular weight excluding hydrogens is 574 g/mol. The summed E-state index contributed by atoms with van der Waals surface area (Å²) in [4.78, 5) is 24.7. The third kappa shape index (κ3) is 5.97. The Hall–Kier alpha value is -3.99. The molecule has 1 saturated heterocycles. The number of rotatable bonds is 3. The van der Waals surface area contributed by atoms with Gasteiger partial charge in [-0.25, -0.2) is 18.1 Å². The van der Waals surface area contributed by atoms with Crippen molar-refractivity contribution in [1.82, 2.24) is 20.2 Å². The Morgan fingerprint density at radius 2 is 1.69 bits per heavy atom. The summed E-state index contributed by atoms with van der Waals surface area (Å²) >= 11 is 0. The molecule has 0 radical (unpaired) electrons. The summed E-state index contributed by atoms with van der Waals surface area (Å²) in [6.07, 6.45) is 0.0316. The van der Waals surface area contributed by atoms with E-state index in [9.17, 15) is 13.2 Å². The van der Waals surface area contributed by atoms with Crippen LogP contribution in [0.25, 0.3) is 11.3 Å². The van der Waals surface area contributed by atoms with E-state index >= 15 is 0 Å². The van der Waals surface area contributed by atoms with E-state index in [1.165, 1.54) is 12.1 Å². The van der Waals surface area contributed by atoms with Crippen LogP contribution in [0.4, 0.5) is 5.95 Å². The molecule has 42 heavy (non-hydrogen) atoms. The number of piperazine rings is 1. The van der Waals surface area contributed by atoms with Gasteiger partial charge in [-0.2, -0.15) is 4.98 Å². The summed E-state index contributed by atoms with van der Waals surface area (Å²) in [5.41, 5.74) is 4.74. The predicted molar refractivity (Wildman–Crippen MR) is 164 cm³/mol. The fraction of sp³-hybridized carbons (Fsp3) is 0.258. The van der Waals surface area contributed by atoms with Gasteiger partial charge in [0.05, 0.1) is 16.6 Å². The van der Waals surface area contributed by atoms with Crippen molar-refractivity contribution in [3.63, 3.8) is 0 Å². The fourth-order valence-electron chi connectivity index (χ4n) is 5.59. The second-order valence-electron chi connectivity index (χ2n) is 10.4. The topological polar surface area (TPSA) is 114 Å². The molecule has 2 aliphatic rings. The van der Waals surface area contributed by atoms with Gasteiger partial charge in [0.15, 0.2) is 0 Å². The molecule has 1 amide bonds. The Bertz CT molecular complexity index is 1700. The predicted octanol–water partition coefficient (Wildman–Crippen LogP) is 4.40. The van der Waals surface area contributed by atoms with Gasteiger partial charge < -0.3 is 15.0 Å². The molecular formula is C31H32ClN5O4S. The van der Waals surface area contributed by atoms with Crippen molar-refractivity contribution in [2.75, 3.05) is 24.4 Å². The first kappa shape index (κ1) is 29.5. The average Bonchev–Trinajstić information content (AvgIpc) is 2.96. The maximum Gasteiger partial charge on any atom is 0.264 e. The normalized spacial score (nSPS) is 19.5. The van der Waals surface area contributed by atoms with Crippen molar-refractivity contribution in [2.24, 2.45) is 0 Å². The maximum absolute atomic E-state index is 13.9. The van der Waals surface area contributed by atoms with Crippen LogP contribution >= 0.6 is 12.4 Å². The number of fused-ring (bicyclic) bond motifs is 5. The van der Waals surface area contributed by atoms with Crippen LogP contribution in [0.15, 0.2) is 83.8 Å². The molecule has 2 aliphatic heterocycles. The van der Waals surface area contributed by atoms with Crippen molar-refractivity contribution in [2.45, 2.75) is 37.3 Å². The van der Waals surface area contributed by atoms with Gasteiger partial charge in [0.1, 0.15) is 6.10 Å². The highest BCUT2D eigenvalue weighted by molar-refractivity contribution is 7.92. The molecule has 0 spiro atoms. The Labute approximate surface area is 251 Å². The van der Waals surface area contributed by atoms with Crippen LogP contribution in [0.3, 0.4) is 0 Å². The Morgan fingerprint density at radius 1 is 0.952 bits per heavy atom. The number of aromatic nitrogens is 2. The molecule has 0 aliphatic carbocycles. The van der Waals surface area contributed by atoms with Crippen LogP contribution in [0.5, 0.6) is 5.88 Å². The molecule has 6 rings (SSSR count). The molecule has 4 aromatic rings. The van der Waals surface area contributed by atoms with Crippen molar-refractivity contribution in [3.8, 4) is 17.1 Å². The average molecular weight is 606 g/mol. The summed E-state index contributed by atoms with van der Waals surface area (Å²) in [6, 6.07) is 23.4. The third-order valence-electron chi connectivity index (χ3n) is 7.58. The number of nitrogens with zero attached hydrogens (tertiary/aromatic N) is 3. The first-order valence-electron chi connectivity index (χ1n) is 13.6. The number of nitrogens with one attached hydrogen (secondary N) is 2. The number of aryl methyl sites for hydroxylation is 2. The number of anilines is 1. The van der Waals surface area contributed by atoms with Crippen molar-refractivity contribution >= 4 is 34.3 Å². The standard InChI is InChI=1S/C31H31N5O4S.ClH/c1-20-8-6-9-21(2)29(20)25-18-28-34-31(33-25)35-41(38,39)24-13-7-12-23(17-24)30(37)36-15-14-32-19-26(36)27(40-28)16-22-10-4-3-5-11-22;/h3-13,17-18,26-27,32H,14-16,19H2,1-2H3,(H,33,34,35);1H. The number of benzene rings is 3. The molecule has 2 unspecified atom stereocenters. The molecule has 11 heteroatoms. The number of sulfonamides is 1. The smallest absolute Gasteiger partial charge is 0.264 e. The molecule has 218 valence electrons. The maximum atomic E-state index is 13.9. The summed E-state index contributed by atoms with van der Waals surface area (Å²) in [7, 11) is -4.11. The van der Waals surface area contributed by atoms with Crippen LogP contribution in [0, 0.1) is 13.8 Å². The summed E-state index contributed by atoms with van der Waals surface area (Å²) in [5.74, 6) is -0.128. The lowest BCUT2D eigenvalue weighted by molar-refractivity contribution is 0.0342. The molecule has 4 bridgehead atoms. The van der Waals surface area contributed by atoms with Gasteiger partial charge in [-0.15, -0.1) is 12.4 Å². The van der Waals surface area contributed by atoms with Crippen molar-refractivity contribution in [1.29, 1.82) is 0 Å². The van der Waals surface area contributed by atoms with E-state index in [4.69, 9.17) is 4.74 Å². The van der Waals surface area contributed by atoms with E-state index in [-0.39, 0.29) is 41.1 Å². The van der Waals surface area contributed by atoms with E-state index in [1.54, 1.807) is 23.1 Å². The third-order valence-corrected chi connectivity index (χ3v) is 8.91. The zero-order valence-electron chi connectivity index (χ0n) is 23.3. The Morgan fingerprint density at radius 3 is 2.45 bits per heavy atom. The minimum absolute atomic E-state index is 0. The minimum Gasteiger partial charge on any atom is -0.472 e. The van der Waals surface area contributed by atoms with Gasteiger partial charge in [0.2, 0.25) is 11.8 Å². The molecule has 2 atom stereocenters. The quantitative estimate of drug-likeness (QED) is 0.356. The van der Waals surface area contributed by atoms with Gasteiger partial charge in [-0.3, -0.25) is 4.79 Å². The van der Waals surface area contributed by atoms with Gasteiger partial charge in [0.25, 0.3) is 15.9 Å². The van der Waals surface area contributed by atoms with Crippen molar-refractivity contribution < 1.29 is 17.9 Å². The summed E-state index contributed by atoms with van der Waals surface area (Å²) < 4.78 is 36.1. The number of hydrogen-bond donors (Lipinski definition) is 2. The van der Waals surface area contributed by atoms with Crippen molar-refractivity contribution in [3.05, 3.63) is 101 Å². The van der Waals surface area contributed by atoms with Crippen LogP contribution in [0.1, 0.15) is 27.0 Å². The van der Waals surface area contributed by atoms with E-state index in [1.807, 2.05) is 62.4 Å². The highest BCUT2D eigenvalue weighted by atomic mass is 35.5. The van der Waals surface area contributed by atoms with Crippen LogP contribution in [-0.2, 0) is 16.4 Å². The summed E-state index contributed by atoms with van der Waals surface area (Å²) in [5, 5.41) is 3.41. The van der Waals surface area contributed by atoms with Gasteiger partial charge in [-0.05, 0) is 48.7 Å². The van der Waals surface area contributed by atoms with E-state index in [0.29, 0.717) is 37.3 Å². The largest absolute Gasteiger partial charge is 0.472 e. The second-order valence-corrected chi connectivity index (χ2v) is 12.1. The van der Waals surface area contributed by atoms with E-state index < -0.39 is 16.1 Å². The first-order valence-corrected chi connectivity index (χ1v) is 15.1. The van der Waals surface area contributed by atoms with Crippen LogP contribution < -0.4 is 14.8 Å². The highest BCUT2D eigenvalue weighted by Gasteiger charge is 2.36. The SMILES string of the molecule is Cc1cccc(C)c1-c1cc2nc(n1)NS(=O)(=O)c1cccc(c1)C(=O)N1CCNCC1C(Cc1ccccc1)O2.Cl. The first-order chi connectivity index (χ1) is 19.8. The Kier molecular flexibility index (Phi) is 8.49. The monoisotopic (exact) mass is 605 g/mol. The molecule has 1 aromatic heterocycles. The summed E-state index contributed by atoms with van der Waals surface area (Å²) in [6.45, 7) is 5.56. The number of carbonyl (C=O) groups is 1. The van der Waals surface area contributed by atoms with Gasteiger partial charge >= 0.3 is 0 Å². The number of carbonyl (C=O) groups excluding carboxylic acids is 1. The zero-order chi connectivity index (χ0) is 28.6. The lowest BCUT2D eigenvalue weighted by atomic mass is 9.98. The lowest BCUT2D eigenvalue weighted by Crippen LogP contribution is -2.60. The highest BCUT2D eigenvalue weighted by Crippen LogP contribution is 2.31. The number of halogens is 1. The fourth-order valence-corrected chi connectivity index (χ4v) is 6.58. The second kappa shape index (κ2) is 12.1. The molecule has 0 saturated carbocycles. The van der Waals surface area contributed by atoms with Crippen LogP contribution in [-0.4, -0.2) is 61.0 Å². The Balaban J connectivity index is 0.00000353. The number of amides is 1. The van der Waals surface area contributed by atoms with E-state index in [0.717, 1.165) is 22.3 Å². The zero-order valence-corrected chi connectivity index (χ0v) is 24.9. The lowest BCUT2D eigenvalue weighted by Gasteiger charge is -2.40. The number of hydrogen-bond acceptors (Lipinski definition) is 7. The minimum atomic E-state index is -4.11. The van der Waals surface area contributed by atoms with Gasteiger partial charge in [-0.1, -0.05) is 54.6 Å². The molecule has 3 aromatic carbocycles. The van der Waals surface area contributed by atoms with Gasteiger partial charge in [0, 0.05) is 43.2 Å².